The number of carbonyl (C=O) groups excluding carboxylic acids is 1. The molecule has 1 fully saturated rings. The van der Waals surface area contributed by atoms with Crippen molar-refractivity contribution in [2.24, 2.45) is 5.92 Å². The van der Waals surface area contributed by atoms with E-state index in [1.54, 1.807) is 12.3 Å². The monoisotopic (exact) mass is 238 g/mol. The Balaban J connectivity index is 1.64. The summed E-state index contributed by atoms with van der Waals surface area (Å²) in [5.74, 6) is -0.437. The topological polar surface area (TPSA) is 82.8 Å². The number of hydrogen-bond acceptors (Lipinski definition) is 3. The fraction of sp³-hybridized carbons (Fsp3) is 0.455. The molecule has 1 aliphatic heterocycles. The average Bonchev–Trinajstić information content (AvgIpc) is 2.67. The van der Waals surface area contributed by atoms with Crippen molar-refractivity contribution < 1.29 is 19.1 Å². The number of urea groups is 1. The van der Waals surface area contributed by atoms with Gasteiger partial charge in [0, 0.05) is 26.1 Å². The number of likely N-dealkylation sites (tertiary alicyclic amines) is 1. The molecule has 1 aromatic heterocycles. The van der Waals surface area contributed by atoms with Gasteiger partial charge in [-0.1, -0.05) is 0 Å². The van der Waals surface area contributed by atoms with Gasteiger partial charge in [-0.3, -0.25) is 4.79 Å². The molecular formula is C11H14N2O4. The number of furan rings is 1. The van der Waals surface area contributed by atoms with Gasteiger partial charge in [0.05, 0.1) is 12.2 Å². The molecule has 2 rings (SSSR count). The van der Waals surface area contributed by atoms with Crippen LogP contribution >= 0.6 is 0 Å². The minimum Gasteiger partial charge on any atom is -0.481 e. The van der Waals surface area contributed by atoms with Crippen molar-refractivity contribution in [3.63, 3.8) is 0 Å². The summed E-state index contributed by atoms with van der Waals surface area (Å²) in [6.45, 7) is 1.07. The number of nitrogens with one attached hydrogen (secondary N) is 1. The zero-order valence-corrected chi connectivity index (χ0v) is 9.26. The van der Waals surface area contributed by atoms with Crippen molar-refractivity contribution in [3.05, 3.63) is 24.2 Å². The zero-order chi connectivity index (χ0) is 12.3. The molecule has 0 bridgehead atoms. The summed E-state index contributed by atoms with van der Waals surface area (Å²) in [7, 11) is 0. The van der Waals surface area contributed by atoms with Crippen LogP contribution in [0.5, 0.6) is 0 Å². The Bertz CT molecular complexity index is 396. The molecule has 92 valence electrons. The van der Waals surface area contributed by atoms with Crippen molar-refractivity contribution in [1.29, 1.82) is 0 Å². The molecule has 0 unspecified atom stereocenters. The second-order valence-corrected chi connectivity index (χ2v) is 4.00. The van der Waals surface area contributed by atoms with Crippen LogP contribution in [-0.4, -0.2) is 41.6 Å². The van der Waals surface area contributed by atoms with E-state index in [0.717, 1.165) is 5.76 Å². The molecule has 1 aromatic rings. The Kier molecular flexibility index (Phi) is 3.32. The first-order valence-electron chi connectivity index (χ1n) is 5.45. The van der Waals surface area contributed by atoms with Crippen LogP contribution in [0.1, 0.15) is 5.76 Å². The number of carboxylic acids is 1. The maximum absolute atomic E-state index is 11.5. The molecule has 0 aliphatic carbocycles. The normalized spacial score (nSPS) is 15.4. The van der Waals surface area contributed by atoms with Gasteiger partial charge in [-0.15, -0.1) is 0 Å². The first kappa shape index (κ1) is 11.5. The van der Waals surface area contributed by atoms with Gasteiger partial charge in [0.15, 0.2) is 0 Å². The SMILES string of the molecule is O=C(O)C1CN(C(=O)NCCc2ccco2)C1. The summed E-state index contributed by atoms with van der Waals surface area (Å²) in [6, 6.07) is 3.43. The molecule has 0 spiro atoms. The summed E-state index contributed by atoms with van der Waals surface area (Å²) < 4.78 is 5.12. The fourth-order valence-corrected chi connectivity index (χ4v) is 1.66. The van der Waals surface area contributed by atoms with Crippen LogP contribution in [0.3, 0.4) is 0 Å². The number of rotatable bonds is 4. The highest BCUT2D eigenvalue weighted by molar-refractivity contribution is 5.79. The van der Waals surface area contributed by atoms with E-state index in [0.29, 0.717) is 26.1 Å². The Morgan fingerprint density at radius 3 is 2.88 bits per heavy atom. The molecule has 2 amide bonds. The van der Waals surface area contributed by atoms with Crippen molar-refractivity contribution in [1.82, 2.24) is 10.2 Å². The third-order valence-electron chi connectivity index (χ3n) is 2.75. The van der Waals surface area contributed by atoms with E-state index in [1.165, 1.54) is 4.90 Å². The van der Waals surface area contributed by atoms with Crippen molar-refractivity contribution in [3.8, 4) is 0 Å². The summed E-state index contributed by atoms with van der Waals surface area (Å²) in [4.78, 5) is 23.5. The van der Waals surface area contributed by atoms with E-state index >= 15 is 0 Å². The Morgan fingerprint density at radius 2 is 2.29 bits per heavy atom. The molecule has 1 saturated heterocycles. The molecule has 17 heavy (non-hydrogen) atoms. The third kappa shape index (κ3) is 2.77. The maximum atomic E-state index is 11.5. The molecule has 6 heteroatoms. The summed E-state index contributed by atoms with van der Waals surface area (Å²) in [5.41, 5.74) is 0. The van der Waals surface area contributed by atoms with E-state index in [9.17, 15) is 9.59 Å². The lowest BCUT2D eigenvalue weighted by Crippen LogP contribution is -2.56. The van der Waals surface area contributed by atoms with Gasteiger partial charge in [0.1, 0.15) is 5.76 Å². The number of amides is 2. The fourth-order valence-electron chi connectivity index (χ4n) is 1.66. The lowest BCUT2D eigenvalue weighted by atomic mass is 10.0. The van der Waals surface area contributed by atoms with E-state index < -0.39 is 11.9 Å². The van der Waals surface area contributed by atoms with Gasteiger partial charge >= 0.3 is 12.0 Å². The number of aliphatic carboxylic acids is 1. The Hall–Kier alpha value is -1.98. The molecule has 0 aromatic carbocycles. The van der Waals surface area contributed by atoms with Crippen molar-refractivity contribution in [2.75, 3.05) is 19.6 Å². The van der Waals surface area contributed by atoms with Crippen LogP contribution in [0.4, 0.5) is 4.79 Å². The Morgan fingerprint density at radius 1 is 1.53 bits per heavy atom. The first-order chi connectivity index (χ1) is 8.16. The van der Waals surface area contributed by atoms with Crippen LogP contribution in [0.15, 0.2) is 22.8 Å². The molecule has 0 saturated carbocycles. The van der Waals surface area contributed by atoms with Crippen LogP contribution in [0.2, 0.25) is 0 Å². The summed E-state index contributed by atoms with van der Waals surface area (Å²) >= 11 is 0. The van der Waals surface area contributed by atoms with Crippen LogP contribution < -0.4 is 5.32 Å². The van der Waals surface area contributed by atoms with E-state index in [2.05, 4.69) is 5.32 Å². The quantitative estimate of drug-likeness (QED) is 0.802. The predicted molar refractivity (Wildman–Crippen MR) is 58.5 cm³/mol. The van der Waals surface area contributed by atoms with Gasteiger partial charge in [0.2, 0.25) is 0 Å². The zero-order valence-electron chi connectivity index (χ0n) is 9.26. The smallest absolute Gasteiger partial charge is 0.317 e. The lowest BCUT2D eigenvalue weighted by molar-refractivity contribution is -0.146. The van der Waals surface area contributed by atoms with E-state index in [1.807, 2.05) is 6.07 Å². The van der Waals surface area contributed by atoms with Gasteiger partial charge in [-0.2, -0.15) is 0 Å². The number of carboxylic acid groups (broad SMARTS) is 1. The van der Waals surface area contributed by atoms with E-state index in [-0.39, 0.29) is 6.03 Å². The second kappa shape index (κ2) is 4.90. The Labute approximate surface area is 98.2 Å². The molecule has 2 heterocycles. The minimum absolute atomic E-state index is 0.214. The number of nitrogens with zero attached hydrogens (tertiary/aromatic N) is 1. The highest BCUT2D eigenvalue weighted by Gasteiger charge is 2.35. The molecule has 0 atom stereocenters. The maximum Gasteiger partial charge on any atom is 0.317 e. The van der Waals surface area contributed by atoms with Crippen LogP contribution in [-0.2, 0) is 11.2 Å². The number of carbonyl (C=O) groups is 2. The first-order valence-corrected chi connectivity index (χ1v) is 5.45. The van der Waals surface area contributed by atoms with E-state index in [4.69, 9.17) is 9.52 Å². The minimum atomic E-state index is -0.843. The third-order valence-corrected chi connectivity index (χ3v) is 2.75. The molecule has 6 nitrogen and oxygen atoms in total. The molecule has 0 radical (unpaired) electrons. The predicted octanol–water partition coefficient (Wildman–Crippen LogP) is 0.548. The van der Waals surface area contributed by atoms with Crippen LogP contribution in [0, 0.1) is 5.92 Å². The van der Waals surface area contributed by atoms with Crippen molar-refractivity contribution in [2.45, 2.75) is 6.42 Å². The van der Waals surface area contributed by atoms with Gasteiger partial charge in [-0.25, -0.2) is 4.79 Å². The average molecular weight is 238 g/mol. The summed E-state index contributed by atoms with van der Waals surface area (Å²) in [5, 5.41) is 11.4. The standard InChI is InChI=1S/C11H14N2O4/c14-10(15)8-6-13(7-8)11(16)12-4-3-9-2-1-5-17-9/h1-2,5,8H,3-4,6-7H2,(H,12,16)(H,14,15). The molecular weight excluding hydrogens is 224 g/mol. The van der Waals surface area contributed by atoms with Crippen LogP contribution in [0.25, 0.3) is 0 Å². The van der Waals surface area contributed by atoms with Crippen molar-refractivity contribution >= 4 is 12.0 Å². The molecule has 2 N–H and O–H groups in total. The highest BCUT2D eigenvalue weighted by atomic mass is 16.4. The lowest BCUT2D eigenvalue weighted by Gasteiger charge is -2.36. The van der Waals surface area contributed by atoms with Gasteiger partial charge in [0.25, 0.3) is 0 Å². The summed E-state index contributed by atoms with van der Waals surface area (Å²) in [6.07, 6.45) is 2.22. The largest absolute Gasteiger partial charge is 0.481 e. The molecule has 1 aliphatic rings. The number of hydrogen-bond donors (Lipinski definition) is 2. The second-order valence-electron chi connectivity index (χ2n) is 4.00. The highest BCUT2D eigenvalue weighted by Crippen LogP contribution is 2.15. The van der Waals surface area contributed by atoms with Gasteiger partial charge in [-0.05, 0) is 12.1 Å². The van der Waals surface area contributed by atoms with Gasteiger partial charge < -0.3 is 19.7 Å².